The van der Waals surface area contributed by atoms with E-state index in [1.54, 1.807) is 0 Å². The van der Waals surface area contributed by atoms with Gasteiger partial charge in [0.25, 0.3) is 8.32 Å². The minimum absolute atomic E-state index is 0.0320. The number of carbonyl (C=O) groups excluding carboxylic acids is 1. The molecular formula is C27H51NO2Si2. The van der Waals surface area contributed by atoms with E-state index in [4.69, 9.17) is 4.43 Å². The van der Waals surface area contributed by atoms with Crippen LogP contribution in [0.25, 0.3) is 0 Å². The average molecular weight is 478 g/mol. The van der Waals surface area contributed by atoms with Crippen molar-refractivity contribution < 1.29 is 9.22 Å². The Balaban J connectivity index is 3.47. The topological polar surface area (TPSA) is 38.3 Å². The molecule has 1 aromatic rings. The van der Waals surface area contributed by atoms with Gasteiger partial charge < -0.3 is 9.41 Å². The maximum atomic E-state index is 14.0. The molecule has 3 nitrogen and oxygen atoms in total. The zero-order valence-corrected chi connectivity index (χ0v) is 25.0. The summed E-state index contributed by atoms with van der Waals surface area (Å²) in [7, 11) is -4.30. The summed E-state index contributed by atoms with van der Waals surface area (Å²) in [5.74, 6) is -0.0320. The van der Waals surface area contributed by atoms with Gasteiger partial charge in [-0.25, -0.2) is 0 Å². The van der Waals surface area contributed by atoms with E-state index in [1.807, 2.05) is 6.07 Å². The van der Waals surface area contributed by atoms with Gasteiger partial charge in [0.1, 0.15) is 14.3 Å². The number of benzene rings is 1. The Labute approximate surface area is 201 Å². The third-order valence-electron chi connectivity index (χ3n) is 7.84. The van der Waals surface area contributed by atoms with Gasteiger partial charge in [0.2, 0.25) is 0 Å². The van der Waals surface area contributed by atoms with Gasteiger partial charge in [-0.2, -0.15) is 0 Å². The van der Waals surface area contributed by atoms with E-state index in [1.165, 1.54) is 5.56 Å². The van der Waals surface area contributed by atoms with Crippen LogP contribution in [0, 0.1) is 0 Å². The normalized spacial score (nSPS) is 14.3. The van der Waals surface area contributed by atoms with E-state index in [9.17, 15) is 4.79 Å². The minimum atomic E-state index is -2.30. The predicted octanol–water partition coefficient (Wildman–Crippen LogP) is 8.08. The molecule has 1 atom stereocenters. The molecule has 0 saturated carbocycles. The van der Waals surface area contributed by atoms with Crippen molar-refractivity contribution in [2.24, 2.45) is 0 Å². The SMILES string of the molecule is CC(C)[Si](N[C@@H](Cc1ccccc1)C(=O)O[Si](C(C)C)(C(C)C)C(C)C)(C(C)C)C(C)C. The van der Waals surface area contributed by atoms with Crippen LogP contribution in [0.3, 0.4) is 0 Å². The van der Waals surface area contributed by atoms with E-state index in [-0.39, 0.29) is 12.0 Å². The highest BCUT2D eigenvalue weighted by molar-refractivity contribution is 6.81. The first-order valence-corrected chi connectivity index (χ1v) is 17.1. The van der Waals surface area contributed by atoms with Crippen LogP contribution in [0.5, 0.6) is 0 Å². The van der Waals surface area contributed by atoms with Crippen molar-refractivity contribution in [2.75, 3.05) is 0 Å². The fourth-order valence-corrected chi connectivity index (χ4v) is 17.5. The van der Waals surface area contributed by atoms with Gasteiger partial charge in [-0.05, 0) is 45.2 Å². The first-order chi connectivity index (χ1) is 14.7. The van der Waals surface area contributed by atoms with Gasteiger partial charge in [0, 0.05) is 0 Å². The molecule has 0 unspecified atom stereocenters. The Morgan fingerprint density at radius 2 is 1.12 bits per heavy atom. The second-order valence-electron chi connectivity index (χ2n) is 11.5. The maximum absolute atomic E-state index is 14.0. The lowest BCUT2D eigenvalue weighted by Gasteiger charge is -2.47. The number of rotatable bonds is 12. The highest BCUT2D eigenvalue weighted by Gasteiger charge is 2.51. The molecule has 0 saturated heterocycles. The average Bonchev–Trinajstić information content (AvgIpc) is 2.67. The van der Waals surface area contributed by atoms with Crippen LogP contribution in [0.15, 0.2) is 30.3 Å². The zero-order chi connectivity index (χ0) is 24.9. The molecular weight excluding hydrogens is 426 g/mol. The molecule has 0 aliphatic heterocycles. The van der Waals surface area contributed by atoms with Gasteiger partial charge in [-0.1, -0.05) is 113 Å². The minimum Gasteiger partial charge on any atom is -0.517 e. The van der Waals surface area contributed by atoms with Crippen LogP contribution < -0.4 is 4.98 Å². The molecule has 0 bridgehead atoms. The highest BCUT2D eigenvalue weighted by atomic mass is 28.4. The molecule has 0 aliphatic rings. The van der Waals surface area contributed by atoms with Gasteiger partial charge in [-0.3, -0.25) is 4.79 Å². The lowest BCUT2D eigenvalue weighted by Crippen LogP contribution is -2.64. The molecule has 184 valence electrons. The van der Waals surface area contributed by atoms with E-state index in [0.717, 1.165) is 0 Å². The molecule has 0 aliphatic carbocycles. The molecule has 0 heterocycles. The summed E-state index contributed by atoms with van der Waals surface area (Å²) in [6.07, 6.45) is 0.680. The highest BCUT2D eigenvalue weighted by Crippen LogP contribution is 2.43. The van der Waals surface area contributed by atoms with Crippen molar-refractivity contribution >= 4 is 22.5 Å². The maximum Gasteiger partial charge on any atom is 0.309 e. The number of nitrogens with one attached hydrogen (secondary N) is 1. The summed E-state index contributed by atoms with van der Waals surface area (Å²) in [6.45, 7) is 27.5. The van der Waals surface area contributed by atoms with Crippen LogP contribution in [0.4, 0.5) is 0 Å². The monoisotopic (exact) mass is 477 g/mol. The lowest BCUT2D eigenvalue weighted by atomic mass is 10.1. The first kappa shape index (κ1) is 29.1. The Morgan fingerprint density at radius 3 is 1.47 bits per heavy atom. The van der Waals surface area contributed by atoms with Gasteiger partial charge in [0.05, 0.1) is 0 Å². The summed E-state index contributed by atoms with van der Waals surface area (Å²) in [4.78, 5) is 18.0. The molecule has 32 heavy (non-hydrogen) atoms. The molecule has 0 fully saturated rings. The van der Waals surface area contributed by atoms with E-state index in [0.29, 0.717) is 39.7 Å². The Bertz CT molecular complexity index is 655. The number of carbonyl (C=O) groups is 1. The quantitative estimate of drug-likeness (QED) is 0.309. The van der Waals surface area contributed by atoms with Crippen molar-refractivity contribution in [3.8, 4) is 0 Å². The third-order valence-corrected chi connectivity index (χ3v) is 20.4. The van der Waals surface area contributed by atoms with Gasteiger partial charge in [0.15, 0.2) is 0 Å². The van der Waals surface area contributed by atoms with Crippen LogP contribution in [0.2, 0.25) is 33.2 Å². The van der Waals surface area contributed by atoms with Crippen molar-refractivity contribution in [3.63, 3.8) is 0 Å². The Hall–Kier alpha value is -0.916. The van der Waals surface area contributed by atoms with Crippen LogP contribution in [-0.2, 0) is 15.6 Å². The number of hydrogen-bond acceptors (Lipinski definition) is 3. The van der Waals surface area contributed by atoms with Crippen LogP contribution >= 0.6 is 0 Å². The second-order valence-corrected chi connectivity index (χ2v) is 22.5. The summed E-state index contributed by atoms with van der Waals surface area (Å²) < 4.78 is 6.70. The molecule has 1 N–H and O–H groups in total. The van der Waals surface area contributed by atoms with Crippen LogP contribution in [-0.4, -0.2) is 28.6 Å². The molecule has 0 spiro atoms. The lowest BCUT2D eigenvalue weighted by molar-refractivity contribution is -0.137. The van der Waals surface area contributed by atoms with E-state index in [2.05, 4.69) is 112 Å². The first-order valence-electron chi connectivity index (χ1n) is 12.8. The second kappa shape index (κ2) is 12.0. The van der Waals surface area contributed by atoms with Crippen LogP contribution in [0.1, 0.15) is 88.6 Å². The fraction of sp³-hybridized carbons (Fsp3) is 0.741. The molecule has 1 aromatic carbocycles. The largest absolute Gasteiger partial charge is 0.517 e. The molecule has 0 amide bonds. The Kier molecular flexibility index (Phi) is 10.9. The third kappa shape index (κ3) is 6.15. The summed E-state index contributed by atoms with van der Waals surface area (Å²) in [6, 6.07) is 10.1. The van der Waals surface area contributed by atoms with Gasteiger partial charge in [-0.15, -0.1) is 0 Å². The smallest absolute Gasteiger partial charge is 0.309 e. The summed E-state index contributed by atoms with van der Waals surface area (Å²) >= 11 is 0. The van der Waals surface area contributed by atoms with Gasteiger partial charge >= 0.3 is 5.97 Å². The van der Waals surface area contributed by atoms with Crippen molar-refractivity contribution in [1.82, 2.24) is 4.98 Å². The molecule has 5 heteroatoms. The van der Waals surface area contributed by atoms with E-state index >= 15 is 0 Å². The summed E-state index contributed by atoms with van der Waals surface area (Å²) in [5, 5.41) is 0. The van der Waals surface area contributed by atoms with Crippen molar-refractivity contribution in [1.29, 1.82) is 0 Å². The standard InChI is InChI=1S/C27H51NO2Si2/c1-19(2)31(20(3)4,21(5)6)28-26(18-25-16-14-13-15-17-25)27(29)30-32(22(7)8,23(9)10)24(11)12/h13-17,19-24,26,28H,18H2,1-12H3/t26-/m0/s1. The summed E-state index contributed by atoms with van der Waals surface area (Å²) in [5.41, 5.74) is 3.90. The fourth-order valence-electron chi connectivity index (χ4n) is 6.44. The van der Waals surface area contributed by atoms with Crippen molar-refractivity contribution in [3.05, 3.63) is 35.9 Å². The molecule has 0 aromatic heterocycles. The van der Waals surface area contributed by atoms with Crippen molar-refractivity contribution in [2.45, 2.75) is 129 Å². The van der Waals surface area contributed by atoms with E-state index < -0.39 is 16.6 Å². The number of hydrogen-bond donors (Lipinski definition) is 1. The Morgan fingerprint density at radius 1 is 0.719 bits per heavy atom. The zero-order valence-electron chi connectivity index (χ0n) is 23.0. The molecule has 1 rings (SSSR count). The predicted molar refractivity (Wildman–Crippen MR) is 145 cm³/mol. The molecule has 0 radical (unpaired) electrons.